The summed E-state index contributed by atoms with van der Waals surface area (Å²) in [5.74, 6) is 1.27. The van der Waals surface area contributed by atoms with E-state index in [1.54, 1.807) is 7.11 Å². The first kappa shape index (κ1) is 16.0. The number of hydrogen-bond donors (Lipinski definition) is 1. The number of hydrogen-bond acceptors (Lipinski definition) is 4. The molecule has 0 bridgehead atoms. The van der Waals surface area contributed by atoms with Crippen LogP contribution in [0.2, 0.25) is 0 Å². The molecule has 0 spiro atoms. The summed E-state index contributed by atoms with van der Waals surface area (Å²) >= 11 is 0. The van der Waals surface area contributed by atoms with Gasteiger partial charge in [-0.1, -0.05) is 19.1 Å². The highest BCUT2D eigenvalue weighted by Gasteiger charge is 2.11. The van der Waals surface area contributed by atoms with E-state index in [1.807, 2.05) is 38.1 Å². The number of nitrogens with one attached hydrogen (secondary N) is 1. The van der Waals surface area contributed by atoms with Crippen LogP contribution in [0.1, 0.15) is 31.9 Å². The molecule has 1 aromatic carbocycles. The Morgan fingerprint density at radius 3 is 2.68 bits per heavy atom. The van der Waals surface area contributed by atoms with Crippen molar-refractivity contribution in [2.24, 2.45) is 0 Å². The van der Waals surface area contributed by atoms with Crippen molar-refractivity contribution in [2.45, 2.75) is 26.3 Å². The highest BCUT2D eigenvalue weighted by atomic mass is 32.2. The summed E-state index contributed by atoms with van der Waals surface area (Å²) in [6, 6.07) is 7.88. The molecular weight excluding hydrogens is 262 g/mol. The summed E-state index contributed by atoms with van der Waals surface area (Å²) in [7, 11) is -1.28. The van der Waals surface area contributed by atoms with Crippen LogP contribution in [-0.4, -0.2) is 33.6 Å². The van der Waals surface area contributed by atoms with Crippen LogP contribution in [0.15, 0.2) is 24.3 Å². The van der Waals surface area contributed by atoms with Crippen molar-refractivity contribution in [1.82, 2.24) is 5.32 Å². The molecule has 0 radical (unpaired) electrons. The van der Waals surface area contributed by atoms with Gasteiger partial charge in [0.25, 0.3) is 0 Å². The van der Waals surface area contributed by atoms with Crippen molar-refractivity contribution in [3.63, 3.8) is 0 Å². The summed E-state index contributed by atoms with van der Waals surface area (Å²) in [6.07, 6.45) is 0.674. The fourth-order valence-electron chi connectivity index (χ4n) is 1.87. The Morgan fingerprint density at radius 2 is 2.05 bits per heavy atom. The molecule has 0 fully saturated rings. The van der Waals surface area contributed by atoms with Crippen molar-refractivity contribution in [1.29, 1.82) is 0 Å². The summed E-state index contributed by atoms with van der Waals surface area (Å²) in [4.78, 5) is 0. The molecule has 0 aliphatic heterocycles. The molecule has 1 aromatic rings. The Morgan fingerprint density at radius 1 is 1.32 bits per heavy atom. The maximum absolute atomic E-state index is 11.6. The van der Waals surface area contributed by atoms with Gasteiger partial charge in [-0.3, -0.25) is 0 Å². The first-order valence-corrected chi connectivity index (χ1v) is 8.38. The molecule has 1 rings (SSSR count). The van der Waals surface area contributed by atoms with Crippen LogP contribution in [0, 0.1) is 0 Å². The van der Waals surface area contributed by atoms with E-state index in [2.05, 4.69) is 5.32 Å². The van der Waals surface area contributed by atoms with Gasteiger partial charge < -0.3 is 10.1 Å². The number of benzene rings is 1. The van der Waals surface area contributed by atoms with Crippen LogP contribution in [0.25, 0.3) is 0 Å². The molecule has 5 heteroatoms. The van der Waals surface area contributed by atoms with E-state index in [9.17, 15) is 8.42 Å². The third kappa shape index (κ3) is 5.61. The molecule has 19 heavy (non-hydrogen) atoms. The highest BCUT2D eigenvalue weighted by molar-refractivity contribution is 7.91. The van der Waals surface area contributed by atoms with Gasteiger partial charge in [0.15, 0.2) is 9.84 Å². The van der Waals surface area contributed by atoms with Gasteiger partial charge in [0.2, 0.25) is 0 Å². The van der Waals surface area contributed by atoms with Crippen LogP contribution < -0.4 is 10.1 Å². The van der Waals surface area contributed by atoms with Gasteiger partial charge in [0.05, 0.1) is 12.9 Å². The van der Waals surface area contributed by atoms with Gasteiger partial charge in [-0.15, -0.1) is 0 Å². The molecule has 0 unspecified atom stereocenters. The van der Waals surface area contributed by atoms with E-state index in [0.717, 1.165) is 11.3 Å². The monoisotopic (exact) mass is 285 g/mol. The van der Waals surface area contributed by atoms with Crippen molar-refractivity contribution in [3.05, 3.63) is 29.8 Å². The second kappa shape index (κ2) is 7.50. The van der Waals surface area contributed by atoms with Crippen LogP contribution in [0.5, 0.6) is 5.75 Å². The zero-order valence-electron chi connectivity index (χ0n) is 11.8. The largest absolute Gasteiger partial charge is 0.497 e. The first-order chi connectivity index (χ1) is 8.98. The first-order valence-electron chi connectivity index (χ1n) is 6.56. The smallest absolute Gasteiger partial charge is 0.151 e. The minimum atomic E-state index is -2.91. The number of sulfone groups is 1. The molecule has 1 atom stereocenters. The second-order valence-electron chi connectivity index (χ2n) is 4.60. The van der Waals surface area contributed by atoms with Gasteiger partial charge in [-0.2, -0.15) is 0 Å². The maximum atomic E-state index is 11.6. The lowest BCUT2D eigenvalue weighted by Crippen LogP contribution is -2.26. The zero-order chi connectivity index (χ0) is 14.3. The normalized spacial score (nSPS) is 13.2. The van der Waals surface area contributed by atoms with Crippen molar-refractivity contribution in [3.8, 4) is 5.75 Å². The summed E-state index contributed by atoms with van der Waals surface area (Å²) in [5, 5.41) is 3.23. The Balaban J connectivity index is 2.49. The quantitative estimate of drug-likeness (QED) is 0.795. The predicted molar refractivity (Wildman–Crippen MR) is 78.4 cm³/mol. The van der Waals surface area contributed by atoms with E-state index >= 15 is 0 Å². The van der Waals surface area contributed by atoms with Crippen molar-refractivity contribution >= 4 is 9.84 Å². The van der Waals surface area contributed by atoms with Gasteiger partial charge in [0.1, 0.15) is 5.75 Å². The molecule has 0 heterocycles. The minimum Gasteiger partial charge on any atom is -0.497 e. The summed E-state index contributed by atoms with van der Waals surface area (Å²) < 4.78 is 28.3. The predicted octanol–water partition coefficient (Wildman–Crippen LogP) is 2.17. The highest BCUT2D eigenvalue weighted by Crippen LogP contribution is 2.18. The van der Waals surface area contributed by atoms with Crippen LogP contribution in [0.3, 0.4) is 0 Å². The topological polar surface area (TPSA) is 55.4 Å². The summed E-state index contributed by atoms with van der Waals surface area (Å²) in [6.45, 7) is 4.37. The molecular formula is C14H23NO3S. The van der Waals surface area contributed by atoms with E-state index in [0.29, 0.717) is 13.0 Å². The van der Waals surface area contributed by atoms with Gasteiger partial charge in [0, 0.05) is 18.3 Å². The fourth-order valence-corrected chi connectivity index (χ4v) is 3.13. The van der Waals surface area contributed by atoms with Gasteiger partial charge in [-0.25, -0.2) is 8.42 Å². The van der Waals surface area contributed by atoms with Crippen molar-refractivity contribution < 1.29 is 13.2 Å². The molecule has 0 amide bonds. The Hall–Kier alpha value is -1.07. The Bertz CT molecular complexity index is 485. The van der Waals surface area contributed by atoms with Crippen LogP contribution >= 0.6 is 0 Å². The Labute approximate surface area is 116 Å². The van der Waals surface area contributed by atoms with Crippen LogP contribution in [-0.2, 0) is 9.84 Å². The Kier molecular flexibility index (Phi) is 6.31. The molecule has 1 N–H and O–H groups in total. The molecule has 0 aromatic heterocycles. The van der Waals surface area contributed by atoms with E-state index in [4.69, 9.17) is 4.74 Å². The average molecular weight is 285 g/mol. The average Bonchev–Trinajstić information content (AvgIpc) is 2.38. The second-order valence-corrected chi connectivity index (χ2v) is 6.91. The van der Waals surface area contributed by atoms with Gasteiger partial charge in [-0.05, 0) is 31.0 Å². The van der Waals surface area contributed by atoms with Crippen LogP contribution in [0.4, 0.5) is 0 Å². The SMILES string of the molecule is CCCS(=O)(=O)CCN[C@@H](C)c1cccc(OC)c1. The third-order valence-electron chi connectivity index (χ3n) is 2.97. The lowest BCUT2D eigenvalue weighted by Gasteiger charge is -2.15. The standard InChI is InChI=1S/C14H23NO3S/c1-4-9-19(16,17)10-8-15-12(2)13-6-5-7-14(11-13)18-3/h5-7,11-12,15H,4,8-10H2,1-3H3/t12-/m0/s1. The molecule has 4 nitrogen and oxygen atoms in total. The fraction of sp³-hybridized carbons (Fsp3) is 0.571. The van der Waals surface area contributed by atoms with E-state index < -0.39 is 9.84 Å². The molecule has 0 saturated carbocycles. The van der Waals surface area contributed by atoms with Crippen molar-refractivity contribution in [2.75, 3.05) is 25.2 Å². The molecule has 108 valence electrons. The van der Waals surface area contributed by atoms with Gasteiger partial charge >= 0.3 is 0 Å². The lowest BCUT2D eigenvalue weighted by molar-refractivity contribution is 0.413. The number of methoxy groups -OCH3 is 1. The number of rotatable bonds is 8. The van der Waals surface area contributed by atoms with E-state index in [1.165, 1.54) is 0 Å². The third-order valence-corrected chi connectivity index (χ3v) is 4.83. The molecule has 0 aliphatic rings. The number of ether oxygens (including phenoxy) is 1. The molecule has 0 aliphatic carbocycles. The zero-order valence-corrected chi connectivity index (χ0v) is 12.7. The lowest BCUT2D eigenvalue weighted by atomic mass is 10.1. The minimum absolute atomic E-state index is 0.104. The summed E-state index contributed by atoms with van der Waals surface area (Å²) in [5.41, 5.74) is 1.09. The molecule has 0 saturated heterocycles. The van der Waals surface area contributed by atoms with E-state index in [-0.39, 0.29) is 17.5 Å². The maximum Gasteiger partial charge on any atom is 0.151 e.